The van der Waals surface area contributed by atoms with Crippen molar-refractivity contribution in [3.8, 4) is 16.9 Å². The van der Waals surface area contributed by atoms with Crippen LogP contribution in [0.25, 0.3) is 22.2 Å². The van der Waals surface area contributed by atoms with Crippen LogP contribution in [-0.4, -0.2) is 58.4 Å². The lowest BCUT2D eigenvalue weighted by atomic mass is 10.00. The van der Waals surface area contributed by atoms with Gasteiger partial charge in [0.05, 0.1) is 23.4 Å². The van der Waals surface area contributed by atoms with Gasteiger partial charge >= 0.3 is 0 Å². The number of benzene rings is 3. The predicted octanol–water partition coefficient (Wildman–Crippen LogP) is 3.65. The van der Waals surface area contributed by atoms with Crippen LogP contribution < -0.4 is 10.1 Å². The highest BCUT2D eigenvalue weighted by Gasteiger charge is 2.21. The molecule has 3 heterocycles. The number of hydrogen-bond acceptors (Lipinski definition) is 5. The third-order valence-corrected chi connectivity index (χ3v) is 7.02. The smallest absolute Gasteiger partial charge is 0.120 e. The maximum Gasteiger partial charge on any atom is 0.120 e. The van der Waals surface area contributed by atoms with E-state index in [2.05, 4.69) is 74.4 Å². The molecule has 4 aromatic rings. The molecule has 1 unspecified atom stereocenters. The van der Waals surface area contributed by atoms with Crippen LogP contribution in [-0.2, 0) is 13.0 Å². The van der Waals surface area contributed by atoms with Gasteiger partial charge < -0.3 is 19.7 Å². The molecule has 0 aliphatic carbocycles. The molecule has 6 nitrogen and oxygen atoms in total. The van der Waals surface area contributed by atoms with Gasteiger partial charge in [-0.25, -0.2) is 4.98 Å². The summed E-state index contributed by atoms with van der Waals surface area (Å²) in [5.74, 6) is 0.775. The lowest BCUT2D eigenvalue weighted by Gasteiger charge is -2.30. The van der Waals surface area contributed by atoms with Crippen molar-refractivity contribution in [2.75, 3.05) is 32.8 Å². The van der Waals surface area contributed by atoms with Gasteiger partial charge in [0.1, 0.15) is 18.5 Å². The van der Waals surface area contributed by atoms with Crippen LogP contribution in [0.4, 0.5) is 0 Å². The van der Waals surface area contributed by atoms with Gasteiger partial charge in [-0.3, -0.25) is 4.90 Å². The molecule has 1 aromatic heterocycles. The van der Waals surface area contributed by atoms with Crippen molar-refractivity contribution in [3.63, 3.8) is 0 Å². The first-order valence-corrected chi connectivity index (χ1v) is 12.1. The van der Waals surface area contributed by atoms with Crippen LogP contribution in [0.2, 0.25) is 0 Å². The second kappa shape index (κ2) is 9.22. The van der Waals surface area contributed by atoms with Gasteiger partial charge in [0.2, 0.25) is 0 Å². The summed E-state index contributed by atoms with van der Waals surface area (Å²) in [6.07, 6.45) is 2.45. The molecule has 34 heavy (non-hydrogen) atoms. The summed E-state index contributed by atoms with van der Waals surface area (Å²) in [6.45, 7) is 4.74. The fourth-order valence-electron chi connectivity index (χ4n) is 4.99. The number of aromatic nitrogens is 2. The zero-order valence-electron chi connectivity index (χ0n) is 19.2. The highest BCUT2D eigenvalue weighted by atomic mass is 16.5. The first kappa shape index (κ1) is 21.4. The largest absolute Gasteiger partial charge is 0.491 e. The van der Waals surface area contributed by atoms with Crippen molar-refractivity contribution < 1.29 is 9.84 Å². The van der Waals surface area contributed by atoms with Crippen molar-refractivity contribution >= 4 is 11.0 Å². The van der Waals surface area contributed by atoms with E-state index in [0.29, 0.717) is 12.6 Å². The van der Waals surface area contributed by atoms with E-state index in [1.165, 1.54) is 11.1 Å². The van der Waals surface area contributed by atoms with Gasteiger partial charge in [-0.2, -0.15) is 0 Å². The Labute approximate surface area is 199 Å². The number of ether oxygens (including phenoxy) is 1. The molecule has 174 valence electrons. The standard InChI is InChI=1S/C28H30N4O2/c33-25(17-31-11-10-20-4-1-2-5-23(20)16-31)18-34-26-7-3-6-21(12-26)22-8-9-27-28(13-22)32(19-30-27)24-14-29-15-24/h1-9,12-13,19,24-25,29,33H,10-11,14-18H2. The SMILES string of the molecule is OC(COc1cccc(-c2ccc3ncn(C4CNC4)c3c2)c1)CN1CCc2ccccc2C1. The topological polar surface area (TPSA) is 62.6 Å². The molecule has 6 heteroatoms. The van der Waals surface area contributed by atoms with E-state index in [4.69, 9.17) is 4.74 Å². The molecule has 2 N–H and O–H groups in total. The Bertz CT molecular complexity index is 1300. The average molecular weight is 455 g/mol. The number of rotatable bonds is 7. The van der Waals surface area contributed by atoms with E-state index in [-0.39, 0.29) is 6.61 Å². The fraction of sp³-hybridized carbons (Fsp3) is 0.321. The molecule has 3 aromatic carbocycles. The van der Waals surface area contributed by atoms with Crippen molar-refractivity contribution in [1.29, 1.82) is 0 Å². The first-order chi connectivity index (χ1) is 16.7. The maximum absolute atomic E-state index is 10.6. The monoisotopic (exact) mass is 454 g/mol. The van der Waals surface area contributed by atoms with Gasteiger partial charge in [0.15, 0.2) is 0 Å². The zero-order chi connectivity index (χ0) is 22.9. The van der Waals surface area contributed by atoms with E-state index in [1.54, 1.807) is 0 Å². The molecule has 0 radical (unpaired) electrons. The van der Waals surface area contributed by atoms with Crippen LogP contribution in [0.15, 0.2) is 73.1 Å². The quantitative estimate of drug-likeness (QED) is 0.446. The van der Waals surface area contributed by atoms with Crippen LogP contribution in [0.3, 0.4) is 0 Å². The summed E-state index contributed by atoms with van der Waals surface area (Å²) in [7, 11) is 0. The van der Waals surface area contributed by atoms with Crippen molar-refractivity contribution in [1.82, 2.24) is 19.8 Å². The zero-order valence-corrected chi connectivity index (χ0v) is 19.2. The molecule has 1 fully saturated rings. The highest BCUT2D eigenvalue weighted by Crippen LogP contribution is 2.29. The van der Waals surface area contributed by atoms with E-state index >= 15 is 0 Å². The maximum atomic E-state index is 10.6. The number of fused-ring (bicyclic) bond motifs is 2. The van der Waals surface area contributed by atoms with Crippen molar-refractivity contribution in [3.05, 3.63) is 84.2 Å². The second-order valence-corrected chi connectivity index (χ2v) is 9.41. The minimum atomic E-state index is -0.532. The molecular weight excluding hydrogens is 424 g/mol. The van der Waals surface area contributed by atoms with Crippen LogP contribution in [0.5, 0.6) is 5.75 Å². The van der Waals surface area contributed by atoms with Crippen LogP contribution in [0.1, 0.15) is 17.2 Å². The third kappa shape index (κ3) is 4.32. The molecule has 0 amide bonds. The molecular formula is C28H30N4O2. The Balaban J connectivity index is 1.10. The van der Waals surface area contributed by atoms with Crippen molar-refractivity contribution in [2.24, 2.45) is 0 Å². The van der Waals surface area contributed by atoms with E-state index in [0.717, 1.165) is 60.5 Å². The average Bonchev–Trinajstić information content (AvgIpc) is 3.24. The third-order valence-electron chi connectivity index (χ3n) is 7.02. The second-order valence-electron chi connectivity index (χ2n) is 9.41. The first-order valence-electron chi connectivity index (χ1n) is 12.1. The van der Waals surface area contributed by atoms with Gasteiger partial charge in [0, 0.05) is 32.7 Å². The lowest BCUT2D eigenvalue weighted by Crippen LogP contribution is -2.43. The van der Waals surface area contributed by atoms with E-state index in [9.17, 15) is 5.11 Å². The molecule has 2 aliphatic rings. The Hall–Kier alpha value is -3.19. The molecule has 6 rings (SSSR count). The lowest BCUT2D eigenvalue weighted by molar-refractivity contribution is 0.0638. The molecule has 0 saturated carbocycles. The minimum absolute atomic E-state index is 0.280. The number of hydrogen-bond donors (Lipinski definition) is 2. The van der Waals surface area contributed by atoms with Gasteiger partial charge in [0.25, 0.3) is 0 Å². The molecule has 1 saturated heterocycles. The summed E-state index contributed by atoms with van der Waals surface area (Å²) in [4.78, 5) is 6.87. The molecule has 0 spiro atoms. The van der Waals surface area contributed by atoms with Crippen LogP contribution >= 0.6 is 0 Å². The number of β-amino-alcohol motifs (C(OH)–C–C–N with tert-alkyl or cyclic N) is 1. The summed E-state index contributed by atoms with van der Waals surface area (Å²) in [6, 6.07) is 23.6. The highest BCUT2D eigenvalue weighted by molar-refractivity contribution is 5.82. The summed E-state index contributed by atoms with van der Waals surface area (Å²) in [5, 5.41) is 14.0. The normalized spacial score (nSPS) is 17.3. The number of aliphatic hydroxyl groups excluding tert-OH is 1. The summed E-state index contributed by atoms with van der Waals surface area (Å²) in [5.41, 5.74) is 7.20. The van der Waals surface area contributed by atoms with Crippen molar-refractivity contribution in [2.45, 2.75) is 25.1 Å². The summed E-state index contributed by atoms with van der Waals surface area (Å²) < 4.78 is 8.27. The number of nitrogens with one attached hydrogen (secondary N) is 1. The molecule has 0 bridgehead atoms. The predicted molar refractivity (Wildman–Crippen MR) is 134 cm³/mol. The van der Waals surface area contributed by atoms with E-state index in [1.807, 2.05) is 18.5 Å². The van der Waals surface area contributed by atoms with Gasteiger partial charge in [-0.05, 0) is 52.9 Å². The van der Waals surface area contributed by atoms with Gasteiger partial charge in [-0.1, -0.05) is 42.5 Å². The Morgan fingerprint density at radius 3 is 2.71 bits per heavy atom. The van der Waals surface area contributed by atoms with Gasteiger partial charge in [-0.15, -0.1) is 0 Å². The number of aliphatic hydroxyl groups is 1. The Kier molecular flexibility index (Phi) is 5.79. The fourth-order valence-corrected chi connectivity index (χ4v) is 4.99. The van der Waals surface area contributed by atoms with Crippen LogP contribution in [0, 0.1) is 0 Å². The number of nitrogens with zero attached hydrogens (tertiary/aromatic N) is 3. The Morgan fingerprint density at radius 2 is 1.85 bits per heavy atom. The molecule has 1 atom stereocenters. The minimum Gasteiger partial charge on any atom is -0.491 e. The van der Waals surface area contributed by atoms with E-state index < -0.39 is 6.10 Å². The summed E-state index contributed by atoms with van der Waals surface area (Å²) >= 11 is 0. The number of imidazole rings is 1. The Morgan fingerprint density at radius 1 is 1.00 bits per heavy atom. The molecule has 2 aliphatic heterocycles.